The topological polar surface area (TPSA) is 41.6 Å². The lowest BCUT2D eigenvalue weighted by atomic mass is 10.1. The number of rotatable bonds is 14. The van der Waals surface area contributed by atoms with E-state index < -0.39 is 0 Å². The van der Waals surface area contributed by atoms with E-state index in [4.69, 9.17) is 4.74 Å². The zero-order chi connectivity index (χ0) is 24.9. The van der Waals surface area contributed by atoms with E-state index in [9.17, 15) is 4.79 Å². The highest BCUT2D eigenvalue weighted by molar-refractivity contribution is 7.99. The molecule has 1 heterocycles. The van der Waals surface area contributed by atoms with Gasteiger partial charge < -0.3 is 15.0 Å². The summed E-state index contributed by atoms with van der Waals surface area (Å²) in [6.45, 7) is 8.91. The first-order valence-corrected chi connectivity index (χ1v) is 14.4. The van der Waals surface area contributed by atoms with Gasteiger partial charge >= 0.3 is 5.97 Å². The minimum Gasteiger partial charge on any atom is -0.440 e. The zero-order valence-electron chi connectivity index (χ0n) is 22.0. The molecule has 1 unspecified atom stereocenters. The highest BCUT2D eigenvalue weighted by Gasteiger charge is 2.27. The Labute approximate surface area is 217 Å². The third kappa shape index (κ3) is 9.20. The van der Waals surface area contributed by atoms with Gasteiger partial charge in [0.05, 0.1) is 12.2 Å². The molecule has 4 nitrogen and oxygen atoms in total. The van der Waals surface area contributed by atoms with E-state index in [2.05, 4.69) is 73.5 Å². The van der Waals surface area contributed by atoms with Gasteiger partial charge in [-0.15, -0.1) is 0 Å². The number of carbonyl (C=O) groups is 1. The van der Waals surface area contributed by atoms with Crippen LogP contribution in [0.25, 0.3) is 0 Å². The van der Waals surface area contributed by atoms with Crippen molar-refractivity contribution in [2.75, 3.05) is 24.5 Å². The van der Waals surface area contributed by atoms with E-state index >= 15 is 0 Å². The smallest absolute Gasteiger partial charge is 0.307 e. The highest BCUT2D eigenvalue weighted by atomic mass is 32.2. The second-order valence-electron chi connectivity index (χ2n) is 9.76. The summed E-state index contributed by atoms with van der Waals surface area (Å²) in [6.07, 6.45) is 11.5. The summed E-state index contributed by atoms with van der Waals surface area (Å²) >= 11 is 1.79. The van der Waals surface area contributed by atoms with Crippen LogP contribution in [0.15, 0.2) is 52.3 Å². The molecule has 0 amide bonds. The third-order valence-corrected chi connectivity index (χ3v) is 7.92. The molecule has 0 aliphatic carbocycles. The third-order valence-electron chi connectivity index (χ3n) is 6.67. The molecule has 2 aromatic carbocycles. The largest absolute Gasteiger partial charge is 0.440 e. The summed E-state index contributed by atoms with van der Waals surface area (Å²) in [4.78, 5) is 17.4. The fraction of sp³-hybridized carbons (Fsp3) is 0.567. The van der Waals surface area contributed by atoms with E-state index in [0.29, 0.717) is 13.0 Å². The summed E-state index contributed by atoms with van der Waals surface area (Å²) in [5, 5.41) is 3.40. The monoisotopic (exact) mass is 496 g/mol. The molecular formula is C30H44N2O2S. The van der Waals surface area contributed by atoms with Crippen LogP contribution in [0.4, 0.5) is 5.69 Å². The number of hydrogen-bond acceptors (Lipinski definition) is 5. The lowest BCUT2D eigenvalue weighted by molar-refractivity contribution is -0.149. The van der Waals surface area contributed by atoms with Crippen LogP contribution in [0.5, 0.6) is 0 Å². The molecule has 1 N–H and O–H groups in total. The van der Waals surface area contributed by atoms with E-state index in [1.807, 2.05) is 0 Å². The van der Waals surface area contributed by atoms with Crippen LogP contribution < -0.4 is 10.2 Å². The summed E-state index contributed by atoms with van der Waals surface area (Å²) < 4.78 is 5.99. The number of hydrogen-bond donors (Lipinski definition) is 1. The van der Waals surface area contributed by atoms with Gasteiger partial charge in [-0.25, -0.2) is 0 Å². The van der Waals surface area contributed by atoms with Crippen LogP contribution in [0, 0.1) is 13.8 Å². The summed E-state index contributed by atoms with van der Waals surface area (Å²) in [5.74, 6) is -0.0776. The minimum absolute atomic E-state index is 0.0776. The van der Waals surface area contributed by atoms with Crippen LogP contribution in [0.2, 0.25) is 0 Å². The van der Waals surface area contributed by atoms with Gasteiger partial charge in [0.25, 0.3) is 0 Å². The second-order valence-corrected chi connectivity index (χ2v) is 10.8. The first kappa shape index (κ1) is 27.6. The number of nitrogens with one attached hydrogen (secondary N) is 1. The van der Waals surface area contributed by atoms with E-state index in [1.165, 1.54) is 65.9 Å². The molecule has 2 aromatic rings. The molecule has 3 rings (SSSR count). The van der Waals surface area contributed by atoms with Crippen molar-refractivity contribution in [1.82, 2.24) is 5.32 Å². The molecule has 0 spiro atoms. The molecule has 1 saturated heterocycles. The van der Waals surface area contributed by atoms with Crippen molar-refractivity contribution in [1.29, 1.82) is 0 Å². The number of aryl methyl sites for hydroxylation is 2. The van der Waals surface area contributed by atoms with Crippen LogP contribution in [0.1, 0.15) is 82.3 Å². The predicted octanol–water partition coefficient (Wildman–Crippen LogP) is 7.65. The van der Waals surface area contributed by atoms with Gasteiger partial charge in [-0.2, -0.15) is 0 Å². The van der Waals surface area contributed by atoms with Crippen molar-refractivity contribution in [3.63, 3.8) is 0 Å². The molecule has 0 saturated carbocycles. The van der Waals surface area contributed by atoms with Crippen LogP contribution in [0.3, 0.4) is 0 Å². The van der Waals surface area contributed by atoms with Gasteiger partial charge in [-0.05, 0) is 44.0 Å². The summed E-state index contributed by atoms with van der Waals surface area (Å²) in [6, 6.07) is 15.1. The van der Waals surface area contributed by atoms with Crippen molar-refractivity contribution >= 4 is 23.4 Å². The first-order valence-electron chi connectivity index (χ1n) is 13.6. The maximum atomic E-state index is 12.7. The Morgan fingerprint density at radius 1 is 0.971 bits per heavy atom. The molecular weight excluding hydrogens is 452 g/mol. The van der Waals surface area contributed by atoms with Gasteiger partial charge in [0.2, 0.25) is 0 Å². The maximum Gasteiger partial charge on any atom is 0.307 e. The van der Waals surface area contributed by atoms with Crippen LogP contribution >= 0.6 is 11.8 Å². The van der Waals surface area contributed by atoms with E-state index in [0.717, 1.165) is 31.6 Å². The molecule has 1 atom stereocenters. The van der Waals surface area contributed by atoms with Crippen molar-refractivity contribution in [3.8, 4) is 0 Å². The van der Waals surface area contributed by atoms with Gasteiger partial charge in [0.1, 0.15) is 0 Å². The Balaban J connectivity index is 1.52. The number of anilines is 1. The molecule has 1 aliphatic rings. The predicted molar refractivity (Wildman–Crippen MR) is 148 cm³/mol. The van der Waals surface area contributed by atoms with Gasteiger partial charge in [-0.3, -0.25) is 4.79 Å². The molecule has 1 aliphatic heterocycles. The van der Waals surface area contributed by atoms with E-state index in [1.54, 1.807) is 11.8 Å². The Bertz CT molecular complexity index is 917. The summed E-state index contributed by atoms with van der Waals surface area (Å²) in [7, 11) is 0. The molecule has 192 valence electrons. The highest BCUT2D eigenvalue weighted by Crippen LogP contribution is 2.38. The second kappa shape index (κ2) is 15.2. The first-order chi connectivity index (χ1) is 17.1. The number of ether oxygens (including phenoxy) is 1. The number of esters is 1. The standard InChI is InChI=1S/C30H44N2O2S/c1-4-5-6-7-8-9-10-11-12-17-30(33)34-29-23-31-20-21-32(29)26-15-13-14-16-28(26)35-27-19-18-24(2)22-25(27)3/h13-16,18-19,22,29,31H,4-12,17,20-21,23H2,1-3H3. The van der Waals surface area contributed by atoms with Crippen molar-refractivity contribution < 1.29 is 9.53 Å². The zero-order valence-corrected chi connectivity index (χ0v) is 22.8. The fourth-order valence-corrected chi connectivity index (χ4v) is 5.69. The average molecular weight is 497 g/mol. The van der Waals surface area contributed by atoms with Gasteiger partial charge in [-0.1, -0.05) is 99.9 Å². The lowest BCUT2D eigenvalue weighted by Gasteiger charge is -2.38. The van der Waals surface area contributed by atoms with Gasteiger partial charge in [0.15, 0.2) is 6.23 Å². The Kier molecular flexibility index (Phi) is 12.0. The maximum absolute atomic E-state index is 12.7. The lowest BCUT2D eigenvalue weighted by Crippen LogP contribution is -2.53. The molecule has 35 heavy (non-hydrogen) atoms. The van der Waals surface area contributed by atoms with Crippen LogP contribution in [-0.2, 0) is 9.53 Å². The quantitative estimate of drug-likeness (QED) is 0.215. The Morgan fingerprint density at radius 2 is 1.69 bits per heavy atom. The normalized spacial score (nSPS) is 15.9. The van der Waals surface area contributed by atoms with Crippen molar-refractivity contribution in [2.45, 2.75) is 101 Å². The molecule has 0 aromatic heterocycles. The molecule has 0 bridgehead atoms. The SMILES string of the molecule is CCCCCCCCCCCC(=O)OC1CNCCN1c1ccccc1Sc1ccc(C)cc1C. The minimum atomic E-state index is -0.268. The number of para-hydroxylation sites is 1. The Hall–Kier alpha value is -1.98. The number of carbonyl (C=O) groups excluding carboxylic acids is 1. The van der Waals surface area contributed by atoms with E-state index in [-0.39, 0.29) is 12.2 Å². The number of nitrogens with zero attached hydrogens (tertiary/aromatic N) is 1. The van der Waals surface area contributed by atoms with Crippen LogP contribution in [-0.4, -0.2) is 31.8 Å². The van der Waals surface area contributed by atoms with Crippen molar-refractivity contribution in [3.05, 3.63) is 53.6 Å². The molecule has 5 heteroatoms. The number of piperazine rings is 1. The molecule has 0 radical (unpaired) electrons. The Morgan fingerprint density at radius 3 is 2.43 bits per heavy atom. The fourth-order valence-electron chi connectivity index (χ4n) is 4.66. The van der Waals surface area contributed by atoms with Crippen molar-refractivity contribution in [2.24, 2.45) is 0 Å². The summed E-state index contributed by atoms with van der Waals surface area (Å²) in [5.41, 5.74) is 3.70. The number of benzene rings is 2. The number of unbranched alkanes of at least 4 members (excludes halogenated alkanes) is 8. The molecule has 1 fully saturated rings. The van der Waals surface area contributed by atoms with Gasteiger partial charge in [0, 0.05) is 29.3 Å². The average Bonchev–Trinajstić information content (AvgIpc) is 2.85.